The minimum Gasteiger partial charge on any atom is -0.398 e. The summed E-state index contributed by atoms with van der Waals surface area (Å²) < 4.78 is 0.683. The lowest BCUT2D eigenvalue weighted by molar-refractivity contribution is -0.113. The molecule has 10 heteroatoms. The first-order chi connectivity index (χ1) is 14.5. The highest BCUT2D eigenvalue weighted by Gasteiger charge is 2.25. The van der Waals surface area contributed by atoms with Crippen LogP contribution in [0.1, 0.15) is 30.0 Å². The van der Waals surface area contributed by atoms with E-state index in [-0.39, 0.29) is 12.3 Å². The van der Waals surface area contributed by atoms with Crippen molar-refractivity contribution in [1.29, 1.82) is 0 Å². The molecule has 1 saturated carbocycles. The summed E-state index contributed by atoms with van der Waals surface area (Å²) in [5.41, 5.74) is 8.20. The molecule has 0 unspecified atom stereocenters. The van der Waals surface area contributed by atoms with Gasteiger partial charge >= 0.3 is 0 Å². The van der Waals surface area contributed by atoms with Crippen LogP contribution in [0.5, 0.6) is 0 Å². The highest BCUT2D eigenvalue weighted by atomic mass is 79.9. The third-order valence-corrected chi connectivity index (χ3v) is 5.35. The second-order valence-corrected chi connectivity index (χ2v) is 8.22. The number of rotatable bonds is 8. The number of carbonyl (C=O) groups excluding carboxylic acids is 1. The van der Waals surface area contributed by atoms with Crippen LogP contribution in [0.15, 0.2) is 47.1 Å². The van der Waals surface area contributed by atoms with Crippen LogP contribution in [0.25, 0.3) is 5.70 Å². The Balaban J connectivity index is 1.38. The zero-order valence-corrected chi connectivity index (χ0v) is 18.2. The lowest BCUT2D eigenvalue weighted by atomic mass is 10.1. The van der Waals surface area contributed by atoms with Gasteiger partial charge in [-0.25, -0.2) is 4.98 Å². The Morgan fingerprint density at radius 2 is 2.10 bits per heavy atom. The average Bonchev–Trinajstić information content (AvgIpc) is 3.48. The number of nitrogens with two attached hydrogens (primary N) is 1. The topological polar surface area (TPSA) is 122 Å². The molecule has 5 N–H and O–H groups in total. The zero-order valence-electron chi connectivity index (χ0n) is 15.8. The Morgan fingerprint density at radius 3 is 2.83 bits per heavy atom. The summed E-state index contributed by atoms with van der Waals surface area (Å²) in [6.45, 7) is 0.00357. The van der Waals surface area contributed by atoms with Crippen LogP contribution >= 0.6 is 27.5 Å². The lowest BCUT2D eigenvalue weighted by Crippen LogP contribution is -2.15. The first-order valence-electron chi connectivity index (χ1n) is 9.32. The van der Waals surface area contributed by atoms with Gasteiger partial charge in [0.1, 0.15) is 0 Å². The molecule has 3 aromatic rings. The SMILES string of the molecule is N/C(=C\C(=O)CNc1ncc(Br)c(Nc2cc(C3CC3)[nH]n2)n1)c1ccc(Cl)cc1. The summed E-state index contributed by atoms with van der Waals surface area (Å²) in [7, 11) is 0. The fraction of sp³-hybridized carbons (Fsp3) is 0.200. The van der Waals surface area contributed by atoms with E-state index >= 15 is 0 Å². The molecule has 30 heavy (non-hydrogen) atoms. The van der Waals surface area contributed by atoms with Crippen LogP contribution in [-0.2, 0) is 4.79 Å². The number of nitrogens with zero attached hydrogens (tertiary/aromatic N) is 3. The van der Waals surface area contributed by atoms with Gasteiger partial charge in [0.2, 0.25) is 5.95 Å². The minimum absolute atomic E-state index is 0.00357. The molecule has 1 fully saturated rings. The van der Waals surface area contributed by atoms with Crippen LogP contribution in [0.2, 0.25) is 5.02 Å². The summed E-state index contributed by atoms with van der Waals surface area (Å²) in [4.78, 5) is 20.8. The molecule has 0 bridgehead atoms. The van der Waals surface area contributed by atoms with Crippen LogP contribution in [-0.4, -0.2) is 32.5 Å². The van der Waals surface area contributed by atoms with Gasteiger partial charge in [0, 0.05) is 40.7 Å². The van der Waals surface area contributed by atoms with Gasteiger partial charge in [-0.3, -0.25) is 9.89 Å². The van der Waals surface area contributed by atoms with Crippen molar-refractivity contribution in [2.75, 3.05) is 17.2 Å². The van der Waals surface area contributed by atoms with E-state index in [2.05, 4.69) is 46.7 Å². The van der Waals surface area contributed by atoms with Crippen LogP contribution in [0.4, 0.5) is 17.6 Å². The molecule has 1 aliphatic rings. The maximum absolute atomic E-state index is 12.2. The maximum Gasteiger partial charge on any atom is 0.225 e. The number of halogens is 2. The molecule has 0 saturated heterocycles. The Bertz CT molecular complexity index is 1090. The predicted octanol–water partition coefficient (Wildman–Crippen LogP) is 4.22. The third kappa shape index (κ3) is 5.17. The van der Waals surface area contributed by atoms with E-state index in [0.29, 0.717) is 38.7 Å². The fourth-order valence-electron chi connectivity index (χ4n) is 2.78. The molecular weight excluding hydrogens is 470 g/mol. The molecule has 0 radical (unpaired) electrons. The quantitative estimate of drug-likeness (QED) is 0.350. The Kier molecular flexibility index (Phi) is 6.01. The number of nitrogens with one attached hydrogen (secondary N) is 3. The predicted molar refractivity (Wildman–Crippen MR) is 121 cm³/mol. The van der Waals surface area contributed by atoms with Crippen LogP contribution < -0.4 is 16.4 Å². The molecule has 0 atom stereocenters. The summed E-state index contributed by atoms with van der Waals surface area (Å²) >= 11 is 9.29. The molecule has 154 valence electrons. The van der Waals surface area contributed by atoms with E-state index in [1.54, 1.807) is 30.5 Å². The normalized spacial score (nSPS) is 13.9. The molecule has 2 heterocycles. The maximum atomic E-state index is 12.2. The molecule has 8 nitrogen and oxygen atoms in total. The average molecular weight is 489 g/mol. The molecular formula is C20H19BrClN7O. The van der Waals surface area contributed by atoms with E-state index in [1.807, 2.05) is 6.07 Å². The number of aromatic nitrogens is 4. The number of carbonyl (C=O) groups is 1. The number of H-pyrrole nitrogens is 1. The summed E-state index contributed by atoms with van der Waals surface area (Å²) in [5.74, 6) is 1.91. The van der Waals surface area contributed by atoms with Gasteiger partial charge in [-0.1, -0.05) is 23.7 Å². The van der Waals surface area contributed by atoms with Crippen molar-refractivity contribution >= 4 is 56.6 Å². The minimum atomic E-state index is -0.204. The van der Waals surface area contributed by atoms with E-state index in [1.165, 1.54) is 18.9 Å². The lowest BCUT2D eigenvalue weighted by Gasteiger charge is -2.08. The van der Waals surface area contributed by atoms with Crippen molar-refractivity contribution in [3.8, 4) is 0 Å². The molecule has 1 aliphatic carbocycles. The number of benzene rings is 1. The molecule has 0 amide bonds. The summed E-state index contributed by atoms with van der Waals surface area (Å²) in [6, 6.07) is 8.94. The van der Waals surface area contributed by atoms with E-state index in [0.717, 1.165) is 11.3 Å². The monoisotopic (exact) mass is 487 g/mol. The summed E-state index contributed by atoms with van der Waals surface area (Å²) in [6.07, 6.45) is 5.36. The van der Waals surface area contributed by atoms with Crippen molar-refractivity contribution in [1.82, 2.24) is 20.2 Å². The molecule has 2 aromatic heterocycles. The van der Waals surface area contributed by atoms with E-state index < -0.39 is 0 Å². The van der Waals surface area contributed by atoms with E-state index in [9.17, 15) is 4.79 Å². The number of anilines is 3. The van der Waals surface area contributed by atoms with Gasteiger partial charge in [0.05, 0.1) is 11.0 Å². The smallest absolute Gasteiger partial charge is 0.225 e. The van der Waals surface area contributed by atoms with Crippen molar-refractivity contribution in [3.05, 3.63) is 63.4 Å². The van der Waals surface area contributed by atoms with Gasteiger partial charge in [0.25, 0.3) is 0 Å². The number of ketones is 1. The van der Waals surface area contributed by atoms with Crippen molar-refractivity contribution in [2.24, 2.45) is 5.73 Å². The largest absolute Gasteiger partial charge is 0.398 e. The number of hydrogen-bond donors (Lipinski definition) is 4. The Hall–Kier alpha value is -2.91. The van der Waals surface area contributed by atoms with E-state index in [4.69, 9.17) is 17.3 Å². The molecule has 1 aromatic carbocycles. The van der Waals surface area contributed by atoms with Gasteiger partial charge in [-0.05, 0) is 46.5 Å². The van der Waals surface area contributed by atoms with Crippen molar-refractivity contribution in [2.45, 2.75) is 18.8 Å². The molecule has 0 spiro atoms. The van der Waals surface area contributed by atoms with Crippen molar-refractivity contribution in [3.63, 3.8) is 0 Å². The van der Waals surface area contributed by atoms with Gasteiger partial charge in [-0.2, -0.15) is 10.1 Å². The second-order valence-electron chi connectivity index (χ2n) is 6.92. The molecule has 0 aliphatic heterocycles. The third-order valence-electron chi connectivity index (χ3n) is 4.52. The van der Waals surface area contributed by atoms with Gasteiger partial charge < -0.3 is 16.4 Å². The molecule has 4 rings (SSSR count). The Labute approximate surface area is 186 Å². The number of aromatic amines is 1. The first-order valence-corrected chi connectivity index (χ1v) is 10.5. The number of hydrogen-bond acceptors (Lipinski definition) is 7. The second kappa shape index (κ2) is 8.85. The zero-order chi connectivity index (χ0) is 21.1. The van der Waals surface area contributed by atoms with Crippen LogP contribution in [0.3, 0.4) is 0 Å². The van der Waals surface area contributed by atoms with Gasteiger partial charge in [0.15, 0.2) is 17.4 Å². The fourth-order valence-corrected chi connectivity index (χ4v) is 3.20. The highest BCUT2D eigenvalue weighted by Crippen LogP contribution is 2.39. The highest BCUT2D eigenvalue weighted by molar-refractivity contribution is 9.10. The standard InChI is InChI=1S/C20H19BrClN7O/c21-15-10-25-20(27-19(15)26-18-8-17(28-29-18)12-1-2-12)24-9-14(30)7-16(23)11-3-5-13(22)6-4-11/h3-8,10,12H,1-2,9,23H2,(H3,24,25,26,27,28,29)/b16-7-. The van der Waals surface area contributed by atoms with Gasteiger partial charge in [-0.15, -0.1) is 0 Å². The van der Waals surface area contributed by atoms with Crippen LogP contribution in [0, 0.1) is 0 Å². The first kappa shape index (κ1) is 20.4. The Morgan fingerprint density at radius 1 is 1.33 bits per heavy atom. The van der Waals surface area contributed by atoms with Crippen molar-refractivity contribution < 1.29 is 4.79 Å². The summed E-state index contributed by atoms with van der Waals surface area (Å²) in [5, 5.41) is 14.0.